The Morgan fingerprint density at radius 1 is 0.915 bits per heavy atom. The van der Waals surface area contributed by atoms with Gasteiger partial charge in [0.25, 0.3) is 0 Å². The molecule has 1 aliphatic carbocycles. The van der Waals surface area contributed by atoms with E-state index in [9.17, 15) is 18.8 Å². The minimum atomic E-state index is -0.760. The summed E-state index contributed by atoms with van der Waals surface area (Å²) < 4.78 is 37.2. The molecular formula is C47H53FN4O7. The number of nitrogens with zero attached hydrogens (tertiary/aromatic N) is 4. The molecule has 0 unspecified atom stereocenters. The molecule has 0 saturated carbocycles. The Balaban J connectivity index is 1.23. The number of hydrogen-bond donors (Lipinski definition) is 0. The van der Waals surface area contributed by atoms with E-state index >= 15 is 0 Å². The molecule has 2 aliphatic heterocycles. The quantitative estimate of drug-likeness (QED) is 0.153. The molecule has 2 amide bonds. The summed E-state index contributed by atoms with van der Waals surface area (Å²) in [6, 6.07) is 16.3. The van der Waals surface area contributed by atoms with Crippen LogP contribution >= 0.6 is 0 Å². The first-order valence-electron chi connectivity index (χ1n) is 20.7. The maximum atomic E-state index is 14.8. The Kier molecular flexibility index (Phi) is 13.2. The van der Waals surface area contributed by atoms with Crippen LogP contribution in [-0.2, 0) is 20.9 Å². The van der Waals surface area contributed by atoms with E-state index in [-0.39, 0.29) is 55.5 Å². The minimum Gasteiger partial charge on any atom is -0.497 e. The lowest BCUT2D eigenvalue weighted by molar-refractivity contribution is -0.139. The number of aromatic nitrogens is 2. The van der Waals surface area contributed by atoms with E-state index in [1.54, 1.807) is 38.2 Å². The highest BCUT2D eigenvalue weighted by atomic mass is 19.1. The molecule has 3 atom stereocenters. The Bertz CT molecular complexity index is 2220. The molecular weight excluding hydrogens is 752 g/mol. The molecule has 1 fully saturated rings. The second-order valence-corrected chi connectivity index (χ2v) is 15.5. The van der Waals surface area contributed by atoms with Crippen LogP contribution in [0.25, 0.3) is 22.3 Å². The van der Waals surface area contributed by atoms with E-state index in [1.807, 2.05) is 48.2 Å². The number of halogens is 1. The Morgan fingerprint density at radius 2 is 1.69 bits per heavy atom. The highest BCUT2D eigenvalue weighted by Crippen LogP contribution is 2.39. The molecule has 1 aromatic heterocycles. The molecule has 0 spiro atoms. The zero-order valence-electron chi connectivity index (χ0n) is 34.4. The zero-order chi connectivity index (χ0) is 41.5. The number of methoxy groups -OCH3 is 2. The molecule has 1 saturated heterocycles. The summed E-state index contributed by atoms with van der Waals surface area (Å²) >= 11 is 0. The normalized spacial score (nSPS) is 21.0. The van der Waals surface area contributed by atoms with E-state index in [0.717, 1.165) is 61.0 Å². The summed E-state index contributed by atoms with van der Waals surface area (Å²) in [5, 5.41) is 0.647. The summed E-state index contributed by atoms with van der Waals surface area (Å²) in [5.41, 5.74) is 4.62. The number of ether oxygens (including phenoxy) is 4. The fourth-order valence-corrected chi connectivity index (χ4v) is 8.55. The van der Waals surface area contributed by atoms with Crippen LogP contribution in [0.2, 0.25) is 0 Å². The molecule has 3 aliphatic rings. The van der Waals surface area contributed by atoms with Gasteiger partial charge in [-0.15, -0.1) is 0 Å². The van der Waals surface area contributed by atoms with Crippen molar-refractivity contribution in [3.05, 3.63) is 101 Å². The Morgan fingerprint density at radius 3 is 2.44 bits per heavy atom. The van der Waals surface area contributed by atoms with Crippen LogP contribution in [0.4, 0.5) is 9.18 Å². The number of fused-ring (bicyclic) bond motifs is 3. The largest absolute Gasteiger partial charge is 0.497 e. The molecule has 310 valence electrons. The molecule has 2 bridgehead atoms. The minimum absolute atomic E-state index is 0.0782. The van der Waals surface area contributed by atoms with Crippen molar-refractivity contribution in [2.24, 2.45) is 5.92 Å². The van der Waals surface area contributed by atoms with Gasteiger partial charge in [0.1, 0.15) is 23.4 Å². The maximum absolute atomic E-state index is 14.8. The molecule has 4 aromatic rings. The average Bonchev–Trinajstić information content (AvgIpc) is 3.86. The van der Waals surface area contributed by atoms with Gasteiger partial charge in [-0.1, -0.05) is 30.7 Å². The van der Waals surface area contributed by atoms with Gasteiger partial charge < -0.3 is 28.7 Å². The van der Waals surface area contributed by atoms with Crippen molar-refractivity contribution in [3.63, 3.8) is 0 Å². The number of aryl methyl sites for hydroxylation is 1. The van der Waals surface area contributed by atoms with E-state index in [0.29, 0.717) is 59.0 Å². The molecule has 7 rings (SSSR count). The summed E-state index contributed by atoms with van der Waals surface area (Å²) in [5.74, 6) is 1.13. The second-order valence-electron chi connectivity index (χ2n) is 15.5. The third-order valence-electron chi connectivity index (χ3n) is 11.7. The Hall–Kier alpha value is -5.78. The number of benzene rings is 3. The first-order chi connectivity index (χ1) is 28.7. The number of carbonyl (C=O) groups excluding carboxylic acids is 3. The lowest BCUT2D eigenvalue weighted by atomic mass is 9.92. The van der Waals surface area contributed by atoms with Crippen LogP contribution < -0.4 is 14.2 Å². The van der Waals surface area contributed by atoms with Gasteiger partial charge in [-0.05, 0) is 118 Å². The van der Waals surface area contributed by atoms with E-state index in [2.05, 4.69) is 12.2 Å². The molecule has 11 nitrogen and oxygen atoms in total. The summed E-state index contributed by atoms with van der Waals surface area (Å²) in [7, 11) is 3.22. The maximum Gasteiger partial charge on any atom is 0.334 e. The van der Waals surface area contributed by atoms with Crippen LogP contribution in [0.1, 0.15) is 75.8 Å². The summed E-state index contributed by atoms with van der Waals surface area (Å²) in [6.45, 7) is 5.02. The van der Waals surface area contributed by atoms with E-state index in [4.69, 9.17) is 28.9 Å². The van der Waals surface area contributed by atoms with Gasteiger partial charge in [0.15, 0.2) is 11.6 Å². The van der Waals surface area contributed by atoms with Crippen LogP contribution in [0.15, 0.2) is 84.0 Å². The van der Waals surface area contributed by atoms with Crippen molar-refractivity contribution in [2.75, 3.05) is 33.9 Å². The van der Waals surface area contributed by atoms with E-state index < -0.39 is 12.1 Å². The first kappa shape index (κ1) is 41.4. The van der Waals surface area contributed by atoms with Gasteiger partial charge >= 0.3 is 12.0 Å². The predicted octanol–water partition coefficient (Wildman–Crippen LogP) is 8.95. The Labute approximate surface area is 345 Å². The third kappa shape index (κ3) is 9.42. The number of rotatable bonds is 9. The molecule has 0 N–H and O–H groups in total. The number of hydrogen-bond acceptors (Lipinski definition) is 9. The van der Waals surface area contributed by atoms with Gasteiger partial charge in [0.2, 0.25) is 5.88 Å². The fraction of sp³-hybridized carbons (Fsp3) is 0.426. The van der Waals surface area contributed by atoms with Gasteiger partial charge in [-0.3, -0.25) is 4.79 Å². The van der Waals surface area contributed by atoms with Crippen molar-refractivity contribution in [2.45, 2.75) is 90.3 Å². The number of carbonyl (C=O) groups is 3. The van der Waals surface area contributed by atoms with Crippen LogP contribution in [-0.4, -0.2) is 83.6 Å². The van der Waals surface area contributed by atoms with Crippen LogP contribution in [0.3, 0.4) is 0 Å². The van der Waals surface area contributed by atoms with Gasteiger partial charge in [-0.25, -0.2) is 19.0 Å². The molecule has 0 radical (unpaired) electrons. The third-order valence-corrected chi connectivity index (χ3v) is 11.7. The van der Waals surface area contributed by atoms with Crippen LogP contribution in [0, 0.1) is 18.7 Å². The monoisotopic (exact) mass is 804 g/mol. The summed E-state index contributed by atoms with van der Waals surface area (Å²) in [4.78, 5) is 55.8. The van der Waals surface area contributed by atoms with Crippen molar-refractivity contribution in [3.8, 4) is 28.8 Å². The predicted molar refractivity (Wildman–Crippen MR) is 223 cm³/mol. The highest BCUT2D eigenvalue weighted by molar-refractivity contribution is 5.93. The molecule has 59 heavy (non-hydrogen) atoms. The number of ketones is 1. The van der Waals surface area contributed by atoms with Crippen molar-refractivity contribution in [1.29, 1.82) is 0 Å². The second kappa shape index (κ2) is 18.9. The van der Waals surface area contributed by atoms with Crippen molar-refractivity contribution < 1.29 is 37.7 Å². The van der Waals surface area contributed by atoms with Gasteiger partial charge in [0.05, 0.1) is 44.3 Å². The number of esters is 1. The van der Waals surface area contributed by atoms with Gasteiger partial charge in [0, 0.05) is 42.6 Å². The summed E-state index contributed by atoms with van der Waals surface area (Å²) in [6.07, 6.45) is 9.54. The topological polar surface area (TPSA) is 120 Å². The SMILES string of the molecule is CCOC(=O)C1=C2/C=C\CCCCCN(Cc3ccc(OC)cc3)C(=O)N3C[C@H](Oc4nc(-c5ccc(F)cc5)nc5c(C)c(OC)ccc45)C[C@H]3C(=O)CC[C@@H]1CC2. The van der Waals surface area contributed by atoms with Crippen molar-refractivity contribution >= 4 is 28.7 Å². The van der Waals surface area contributed by atoms with Crippen LogP contribution in [0.5, 0.6) is 17.4 Å². The number of Topliss-reactive ketones (excluding diaryl/α,β-unsaturated/α-hetero) is 1. The molecule has 12 heteroatoms. The zero-order valence-corrected chi connectivity index (χ0v) is 34.4. The van der Waals surface area contributed by atoms with E-state index in [1.165, 1.54) is 12.1 Å². The molecule has 3 heterocycles. The molecule has 3 aromatic carbocycles. The average molecular weight is 805 g/mol. The van der Waals surface area contributed by atoms with Gasteiger partial charge in [-0.2, -0.15) is 4.98 Å². The van der Waals surface area contributed by atoms with Crippen molar-refractivity contribution in [1.82, 2.24) is 19.8 Å². The number of urea groups is 1. The lowest BCUT2D eigenvalue weighted by Gasteiger charge is -2.31. The standard InChI is InChI=1S/C47H53FN4O7/c1-5-58-46(54)42-32-11-9-7-6-8-10-26-51(28-31-12-21-36(56-3)22-13-31)47(55)52-29-37(27-39(52)40(53)24-18-33(42)15-14-32)59-45-38-23-25-41(57-4)30(2)43(38)49-44(50-45)34-16-19-35(48)20-17-34/h9,11-13,16-17,19-23,25,33,37,39H,5-8,10,14-15,18,24,26-29H2,1-4H3/b11-9-/t33-,37+,39-/m0/s1. The first-order valence-corrected chi connectivity index (χ1v) is 20.7. The lowest BCUT2D eigenvalue weighted by Crippen LogP contribution is -2.48. The fourth-order valence-electron chi connectivity index (χ4n) is 8.55. The number of allylic oxidation sites excluding steroid dienone is 3. The highest BCUT2D eigenvalue weighted by Gasteiger charge is 2.43. The number of amides is 2. The smallest absolute Gasteiger partial charge is 0.334 e.